The predicted octanol–water partition coefficient (Wildman–Crippen LogP) is -0.316. The van der Waals surface area contributed by atoms with E-state index in [0.717, 1.165) is 52.1 Å². The first kappa shape index (κ1) is 16.1. The van der Waals surface area contributed by atoms with Crippen LogP contribution in [-0.2, 0) is 0 Å². The van der Waals surface area contributed by atoms with Crippen molar-refractivity contribution in [1.82, 2.24) is 16.0 Å². The fraction of sp³-hybridized carbons (Fsp3) is 0.692. The van der Waals surface area contributed by atoms with Crippen molar-refractivity contribution in [3.05, 3.63) is 12.2 Å². The third-order valence-electron chi connectivity index (χ3n) is 2.18. The molecule has 0 rings (SSSR count). The summed E-state index contributed by atoms with van der Waals surface area (Å²) in [6.45, 7) is 6.25. The predicted molar refractivity (Wildman–Crippen MR) is 74.9 cm³/mol. The normalized spacial score (nSPS) is 10.8. The van der Waals surface area contributed by atoms with Crippen LogP contribution in [0.4, 0.5) is 0 Å². The standard InChI is InChI=1S/C13H26N4/c1-2-8-15-12-6-13-17-10-4-3-9-16-11-5-7-14/h1,3-4,15-17H,5-14H2. The summed E-state index contributed by atoms with van der Waals surface area (Å²) >= 11 is 0. The van der Waals surface area contributed by atoms with Gasteiger partial charge in [-0.1, -0.05) is 18.1 Å². The van der Waals surface area contributed by atoms with Crippen molar-refractivity contribution in [2.24, 2.45) is 5.73 Å². The number of terminal acetylenes is 1. The second-order valence-corrected chi connectivity index (χ2v) is 3.76. The lowest BCUT2D eigenvalue weighted by Crippen LogP contribution is -2.22. The number of hydrogen-bond acceptors (Lipinski definition) is 4. The minimum Gasteiger partial charge on any atom is -0.330 e. The van der Waals surface area contributed by atoms with Gasteiger partial charge in [-0.15, -0.1) is 6.42 Å². The summed E-state index contributed by atoms with van der Waals surface area (Å²) in [6.07, 6.45) is 11.5. The van der Waals surface area contributed by atoms with Crippen LogP contribution >= 0.6 is 0 Å². The first-order valence-electron chi connectivity index (χ1n) is 6.32. The molecule has 0 fully saturated rings. The van der Waals surface area contributed by atoms with Gasteiger partial charge in [-0.2, -0.15) is 0 Å². The van der Waals surface area contributed by atoms with Crippen LogP contribution < -0.4 is 21.7 Å². The molecule has 0 aliphatic heterocycles. The molecule has 0 aromatic carbocycles. The van der Waals surface area contributed by atoms with Crippen LogP contribution in [0.1, 0.15) is 12.8 Å². The molecule has 0 amide bonds. The van der Waals surface area contributed by atoms with Crippen molar-refractivity contribution < 1.29 is 0 Å². The van der Waals surface area contributed by atoms with E-state index in [1.54, 1.807) is 0 Å². The number of nitrogens with two attached hydrogens (primary N) is 1. The molecule has 17 heavy (non-hydrogen) atoms. The van der Waals surface area contributed by atoms with E-state index >= 15 is 0 Å². The summed E-state index contributed by atoms with van der Waals surface area (Å²) in [7, 11) is 0. The zero-order valence-electron chi connectivity index (χ0n) is 10.7. The summed E-state index contributed by atoms with van der Waals surface area (Å²) in [5, 5.41) is 9.78. The SMILES string of the molecule is C#CCNCCCNCC=CCNCCCN. The average molecular weight is 238 g/mol. The molecule has 0 saturated heterocycles. The van der Waals surface area contributed by atoms with Gasteiger partial charge < -0.3 is 21.7 Å². The summed E-state index contributed by atoms with van der Waals surface area (Å²) in [4.78, 5) is 0. The van der Waals surface area contributed by atoms with Crippen LogP contribution in [0.25, 0.3) is 0 Å². The van der Waals surface area contributed by atoms with Gasteiger partial charge in [0, 0.05) is 13.1 Å². The van der Waals surface area contributed by atoms with Crippen LogP contribution in [-0.4, -0.2) is 45.8 Å². The monoisotopic (exact) mass is 238 g/mol. The Hall–Kier alpha value is -0.860. The molecule has 0 bridgehead atoms. The molecule has 0 saturated carbocycles. The molecule has 0 aromatic rings. The topological polar surface area (TPSA) is 62.1 Å². The van der Waals surface area contributed by atoms with E-state index in [4.69, 9.17) is 12.2 Å². The minimum atomic E-state index is 0.661. The molecule has 0 atom stereocenters. The smallest absolute Gasteiger partial charge is 0.0573 e. The zero-order chi connectivity index (χ0) is 12.6. The Morgan fingerprint density at radius 3 is 2.12 bits per heavy atom. The molecular weight excluding hydrogens is 212 g/mol. The summed E-state index contributed by atoms with van der Waals surface area (Å²) in [5.41, 5.74) is 5.38. The Kier molecular flexibility index (Phi) is 14.4. The maximum Gasteiger partial charge on any atom is 0.0573 e. The van der Waals surface area contributed by atoms with Crippen LogP contribution in [0.15, 0.2) is 12.2 Å². The molecule has 5 N–H and O–H groups in total. The Balaban J connectivity index is 3.01. The van der Waals surface area contributed by atoms with Gasteiger partial charge in [0.15, 0.2) is 0 Å². The maximum atomic E-state index is 5.38. The second kappa shape index (κ2) is 15.1. The quantitative estimate of drug-likeness (QED) is 0.214. The van der Waals surface area contributed by atoms with Gasteiger partial charge >= 0.3 is 0 Å². The lowest BCUT2D eigenvalue weighted by atomic mass is 10.4. The maximum absolute atomic E-state index is 5.38. The fourth-order valence-electron chi connectivity index (χ4n) is 1.26. The van der Waals surface area contributed by atoms with Crippen molar-refractivity contribution >= 4 is 0 Å². The van der Waals surface area contributed by atoms with E-state index in [1.807, 2.05) is 0 Å². The summed E-state index contributed by atoms with van der Waals surface area (Å²) in [6, 6.07) is 0. The number of rotatable bonds is 12. The van der Waals surface area contributed by atoms with E-state index in [-0.39, 0.29) is 0 Å². The molecule has 0 aliphatic rings. The molecule has 0 aromatic heterocycles. The van der Waals surface area contributed by atoms with Crippen molar-refractivity contribution in [2.45, 2.75) is 12.8 Å². The zero-order valence-corrected chi connectivity index (χ0v) is 10.7. The molecule has 4 heteroatoms. The van der Waals surface area contributed by atoms with Crippen LogP contribution in [0, 0.1) is 12.3 Å². The van der Waals surface area contributed by atoms with Gasteiger partial charge in [0.25, 0.3) is 0 Å². The van der Waals surface area contributed by atoms with Gasteiger partial charge in [-0.05, 0) is 39.0 Å². The lowest BCUT2D eigenvalue weighted by Gasteiger charge is -2.02. The second-order valence-electron chi connectivity index (χ2n) is 3.76. The van der Waals surface area contributed by atoms with Crippen molar-refractivity contribution in [3.8, 4) is 12.3 Å². The molecule has 0 unspecified atom stereocenters. The van der Waals surface area contributed by atoms with Crippen LogP contribution in [0.5, 0.6) is 0 Å². The highest BCUT2D eigenvalue weighted by molar-refractivity contribution is 4.87. The number of hydrogen-bond donors (Lipinski definition) is 4. The summed E-state index contributed by atoms with van der Waals surface area (Å²) < 4.78 is 0. The molecule has 98 valence electrons. The molecular formula is C13H26N4. The van der Waals surface area contributed by atoms with Gasteiger partial charge in [0.05, 0.1) is 6.54 Å². The molecule has 4 nitrogen and oxygen atoms in total. The van der Waals surface area contributed by atoms with E-state index in [0.29, 0.717) is 6.54 Å². The van der Waals surface area contributed by atoms with Crippen molar-refractivity contribution in [1.29, 1.82) is 0 Å². The largest absolute Gasteiger partial charge is 0.330 e. The Morgan fingerprint density at radius 1 is 0.941 bits per heavy atom. The van der Waals surface area contributed by atoms with E-state index < -0.39 is 0 Å². The fourth-order valence-corrected chi connectivity index (χ4v) is 1.26. The van der Waals surface area contributed by atoms with Gasteiger partial charge in [-0.3, -0.25) is 0 Å². The Morgan fingerprint density at radius 2 is 1.53 bits per heavy atom. The Labute approximate surface area is 105 Å². The minimum absolute atomic E-state index is 0.661. The van der Waals surface area contributed by atoms with Crippen molar-refractivity contribution in [2.75, 3.05) is 45.8 Å². The Bertz CT molecular complexity index is 208. The molecule has 0 heterocycles. The first-order valence-corrected chi connectivity index (χ1v) is 6.32. The van der Waals surface area contributed by atoms with Gasteiger partial charge in [-0.25, -0.2) is 0 Å². The van der Waals surface area contributed by atoms with Crippen LogP contribution in [0.2, 0.25) is 0 Å². The molecule has 0 aliphatic carbocycles. The molecule has 0 radical (unpaired) electrons. The van der Waals surface area contributed by atoms with Crippen LogP contribution in [0.3, 0.4) is 0 Å². The van der Waals surface area contributed by atoms with E-state index in [2.05, 4.69) is 34.0 Å². The first-order chi connectivity index (χ1) is 8.41. The average Bonchev–Trinajstić information content (AvgIpc) is 2.35. The highest BCUT2D eigenvalue weighted by atomic mass is 14.9. The van der Waals surface area contributed by atoms with E-state index in [9.17, 15) is 0 Å². The summed E-state index contributed by atoms with van der Waals surface area (Å²) in [5.74, 6) is 2.55. The third-order valence-corrected chi connectivity index (χ3v) is 2.18. The van der Waals surface area contributed by atoms with Crippen molar-refractivity contribution in [3.63, 3.8) is 0 Å². The van der Waals surface area contributed by atoms with Gasteiger partial charge in [0.2, 0.25) is 0 Å². The highest BCUT2D eigenvalue weighted by Gasteiger charge is 1.86. The molecule has 0 spiro atoms. The van der Waals surface area contributed by atoms with E-state index in [1.165, 1.54) is 0 Å². The van der Waals surface area contributed by atoms with Gasteiger partial charge in [0.1, 0.15) is 0 Å². The highest BCUT2D eigenvalue weighted by Crippen LogP contribution is 1.75. The third kappa shape index (κ3) is 15.1. The number of nitrogens with one attached hydrogen (secondary N) is 3. The lowest BCUT2D eigenvalue weighted by molar-refractivity contribution is 0.642.